The maximum absolute atomic E-state index is 12.7. The summed E-state index contributed by atoms with van der Waals surface area (Å²) in [6.45, 7) is 2.10. The quantitative estimate of drug-likeness (QED) is 0.773. The molecule has 1 atom stereocenters. The van der Waals surface area contributed by atoms with E-state index in [2.05, 4.69) is 0 Å². The van der Waals surface area contributed by atoms with Crippen molar-refractivity contribution in [1.82, 2.24) is 4.31 Å². The van der Waals surface area contributed by atoms with Crippen LogP contribution >= 0.6 is 34.5 Å². The highest BCUT2D eigenvalue weighted by Crippen LogP contribution is 2.37. The Bertz CT molecular complexity index is 727. The molecule has 2 rings (SSSR count). The Labute approximate surface area is 138 Å². The second-order valence-electron chi connectivity index (χ2n) is 4.86. The Balaban J connectivity index is 2.40. The third-order valence-corrected chi connectivity index (χ3v) is 8.73. The van der Waals surface area contributed by atoms with E-state index in [4.69, 9.17) is 23.2 Å². The van der Waals surface area contributed by atoms with Crippen LogP contribution in [0.5, 0.6) is 0 Å². The molecule has 10 heteroatoms. The number of hydrogen-bond acceptors (Lipinski definition) is 5. The highest BCUT2D eigenvalue weighted by Gasteiger charge is 2.39. The molecular formula is C11H15Cl2NO4S3. The lowest BCUT2D eigenvalue weighted by Crippen LogP contribution is -2.41. The van der Waals surface area contributed by atoms with Crippen molar-refractivity contribution < 1.29 is 16.8 Å². The molecule has 1 aromatic heterocycles. The van der Waals surface area contributed by atoms with Gasteiger partial charge in [-0.1, -0.05) is 30.1 Å². The summed E-state index contributed by atoms with van der Waals surface area (Å²) in [7, 11) is -7.01. The molecule has 0 N–H and O–H groups in total. The second kappa shape index (κ2) is 6.33. The lowest BCUT2D eigenvalue weighted by atomic mass is 10.2. The van der Waals surface area contributed by atoms with Gasteiger partial charge < -0.3 is 0 Å². The molecule has 1 saturated heterocycles. The van der Waals surface area contributed by atoms with Crippen LogP contribution in [0.2, 0.25) is 8.67 Å². The van der Waals surface area contributed by atoms with E-state index in [1.807, 2.05) is 6.92 Å². The molecule has 0 radical (unpaired) electrons. The van der Waals surface area contributed by atoms with Crippen LogP contribution < -0.4 is 0 Å². The average Bonchev–Trinajstić information content (AvgIpc) is 2.88. The fourth-order valence-electron chi connectivity index (χ4n) is 2.35. The number of rotatable bonds is 5. The van der Waals surface area contributed by atoms with E-state index in [0.29, 0.717) is 12.8 Å². The maximum Gasteiger partial charge on any atom is 0.245 e. The van der Waals surface area contributed by atoms with Crippen LogP contribution in [0.25, 0.3) is 0 Å². The average molecular weight is 392 g/mol. The number of nitrogens with zero attached hydrogens (tertiary/aromatic N) is 1. The van der Waals surface area contributed by atoms with E-state index >= 15 is 0 Å². The van der Waals surface area contributed by atoms with E-state index in [1.54, 1.807) is 0 Å². The van der Waals surface area contributed by atoms with Crippen LogP contribution in [0.15, 0.2) is 11.0 Å². The minimum Gasteiger partial charge on any atom is -0.229 e. The Hall–Kier alpha value is 0.140. The summed E-state index contributed by atoms with van der Waals surface area (Å²) in [4.78, 5) is -0.0445. The van der Waals surface area contributed by atoms with E-state index in [-0.39, 0.29) is 31.6 Å². The lowest BCUT2D eigenvalue weighted by Gasteiger charge is -2.26. The summed E-state index contributed by atoms with van der Waals surface area (Å²) in [5, 5.41) is 0. The van der Waals surface area contributed by atoms with Crippen molar-refractivity contribution in [1.29, 1.82) is 0 Å². The molecule has 2 heterocycles. The van der Waals surface area contributed by atoms with Gasteiger partial charge in [-0.25, -0.2) is 16.8 Å². The third kappa shape index (κ3) is 3.73. The van der Waals surface area contributed by atoms with Gasteiger partial charge in [0.15, 0.2) is 9.84 Å². The fraction of sp³-hybridized carbons (Fsp3) is 0.636. The number of sulfonamides is 1. The number of thiophene rings is 1. The zero-order valence-electron chi connectivity index (χ0n) is 11.3. The van der Waals surface area contributed by atoms with Gasteiger partial charge in [-0.2, -0.15) is 4.31 Å². The first-order chi connectivity index (χ1) is 9.67. The first-order valence-electron chi connectivity index (χ1n) is 6.34. The summed E-state index contributed by atoms with van der Waals surface area (Å²) in [6.07, 6.45) is 0.905. The van der Waals surface area contributed by atoms with Gasteiger partial charge in [-0.15, -0.1) is 11.3 Å². The molecule has 21 heavy (non-hydrogen) atoms. The Kier molecular flexibility index (Phi) is 5.27. The first kappa shape index (κ1) is 17.5. The molecule has 0 spiro atoms. The predicted molar refractivity (Wildman–Crippen MR) is 85.6 cm³/mol. The van der Waals surface area contributed by atoms with E-state index in [9.17, 15) is 16.8 Å². The SMILES string of the molecule is CCCN(C1CCS(=O)(=O)C1)S(=O)(=O)c1cc(Cl)sc1Cl. The molecule has 1 aliphatic heterocycles. The lowest BCUT2D eigenvalue weighted by molar-refractivity contribution is 0.340. The largest absolute Gasteiger partial charge is 0.245 e. The monoisotopic (exact) mass is 391 g/mol. The summed E-state index contributed by atoms with van der Waals surface area (Å²) < 4.78 is 50.4. The van der Waals surface area contributed by atoms with Crippen LogP contribution in [0.4, 0.5) is 0 Å². The van der Waals surface area contributed by atoms with Gasteiger partial charge >= 0.3 is 0 Å². The van der Waals surface area contributed by atoms with Gasteiger partial charge in [0.1, 0.15) is 9.23 Å². The van der Waals surface area contributed by atoms with Crippen molar-refractivity contribution >= 4 is 54.4 Å². The van der Waals surface area contributed by atoms with Crippen molar-refractivity contribution in [2.75, 3.05) is 18.1 Å². The number of sulfone groups is 1. The third-order valence-electron chi connectivity index (χ3n) is 3.27. The van der Waals surface area contributed by atoms with Crippen LogP contribution in [0, 0.1) is 0 Å². The summed E-state index contributed by atoms with van der Waals surface area (Å²) >= 11 is 12.7. The summed E-state index contributed by atoms with van der Waals surface area (Å²) in [6, 6.07) is 0.783. The molecule has 1 unspecified atom stereocenters. The van der Waals surface area contributed by atoms with E-state index in [0.717, 1.165) is 11.3 Å². The van der Waals surface area contributed by atoms with Gasteiger partial charge in [0.2, 0.25) is 10.0 Å². The Morgan fingerprint density at radius 1 is 1.43 bits per heavy atom. The molecule has 1 fully saturated rings. The normalized spacial score (nSPS) is 22.0. The van der Waals surface area contributed by atoms with Crippen molar-refractivity contribution in [3.05, 3.63) is 14.7 Å². The predicted octanol–water partition coefficient (Wildman–Crippen LogP) is 2.64. The standard InChI is InChI=1S/C11H15Cl2NO4S3/c1-2-4-14(8-3-5-20(15,16)7-8)21(17,18)9-6-10(12)19-11(9)13/h6,8H,2-5,7H2,1H3. The highest BCUT2D eigenvalue weighted by molar-refractivity contribution is 7.92. The molecule has 0 bridgehead atoms. The van der Waals surface area contributed by atoms with Gasteiger partial charge in [0, 0.05) is 12.6 Å². The molecule has 1 aliphatic rings. The second-order valence-corrected chi connectivity index (χ2v) is 11.2. The number of halogens is 2. The minimum absolute atomic E-state index is 0.0194. The zero-order chi connectivity index (χ0) is 15.8. The first-order valence-corrected chi connectivity index (χ1v) is 11.2. The summed E-state index contributed by atoms with van der Waals surface area (Å²) in [5.74, 6) is -0.118. The number of hydrogen-bond donors (Lipinski definition) is 0. The van der Waals surface area contributed by atoms with Crippen LogP contribution in [0.1, 0.15) is 19.8 Å². The van der Waals surface area contributed by atoms with Crippen LogP contribution in [-0.2, 0) is 19.9 Å². The topological polar surface area (TPSA) is 71.5 Å². The van der Waals surface area contributed by atoms with Crippen LogP contribution in [0.3, 0.4) is 0 Å². The molecule has 0 saturated carbocycles. The van der Waals surface area contributed by atoms with E-state index < -0.39 is 25.9 Å². The van der Waals surface area contributed by atoms with Crippen molar-refractivity contribution in [2.45, 2.75) is 30.7 Å². The molecule has 0 amide bonds. The minimum atomic E-state index is -3.84. The fourth-order valence-corrected chi connectivity index (χ4v) is 8.04. The van der Waals surface area contributed by atoms with Gasteiger partial charge in [-0.05, 0) is 18.9 Å². The molecule has 5 nitrogen and oxygen atoms in total. The molecule has 120 valence electrons. The Morgan fingerprint density at radius 2 is 2.10 bits per heavy atom. The van der Waals surface area contributed by atoms with E-state index in [1.165, 1.54) is 10.4 Å². The van der Waals surface area contributed by atoms with Gasteiger partial charge in [-0.3, -0.25) is 0 Å². The van der Waals surface area contributed by atoms with Gasteiger partial charge in [0.05, 0.1) is 15.8 Å². The van der Waals surface area contributed by atoms with Crippen molar-refractivity contribution in [3.8, 4) is 0 Å². The van der Waals surface area contributed by atoms with Crippen LogP contribution in [-0.4, -0.2) is 45.2 Å². The van der Waals surface area contributed by atoms with Crippen molar-refractivity contribution in [3.63, 3.8) is 0 Å². The molecule has 0 aromatic carbocycles. The van der Waals surface area contributed by atoms with Crippen molar-refractivity contribution in [2.24, 2.45) is 0 Å². The zero-order valence-corrected chi connectivity index (χ0v) is 15.2. The molecule has 1 aromatic rings. The summed E-state index contributed by atoms with van der Waals surface area (Å²) in [5.41, 5.74) is 0. The molecule has 0 aliphatic carbocycles. The maximum atomic E-state index is 12.7. The Morgan fingerprint density at radius 3 is 2.52 bits per heavy atom. The highest BCUT2D eigenvalue weighted by atomic mass is 35.5. The smallest absolute Gasteiger partial charge is 0.229 e. The molecular weight excluding hydrogens is 377 g/mol. The van der Waals surface area contributed by atoms with Gasteiger partial charge in [0.25, 0.3) is 0 Å².